The minimum absolute atomic E-state index is 0.0469. The fourth-order valence-corrected chi connectivity index (χ4v) is 2.51. The van der Waals surface area contributed by atoms with Crippen molar-refractivity contribution in [3.05, 3.63) is 77.0 Å². The van der Waals surface area contributed by atoms with Gasteiger partial charge in [-0.25, -0.2) is 8.78 Å². The molecule has 0 bridgehead atoms. The van der Waals surface area contributed by atoms with E-state index in [9.17, 15) is 18.4 Å². The maximum Gasteiger partial charge on any atom is 0.263 e. The van der Waals surface area contributed by atoms with Crippen molar-refractivity contribution in [2.45, 2.75) is 6.92 Å². The number of ketones is 1. The third kappa shape index (κ3) is 2.02. The van der Waals surface area contributed by atoms with Crippen molar-refractivity contribution in [1.29, 1.82) is 0 Å². The summed E-state index contributed by atoms with van der Waals surface area (Å²) in [6.07, 6.45) is 0. The Morgan fingerprint density at radius 3 is 2.41 bits per heavy atom. The van der Waals surface area contributed by atoms with Gasteiger partial charge in [-0.3, -0.25) is 14.5 Å². The highest BCUT2D eigenvalue weighted by Crippen LogP contribution is 2.35. The first-order chi connectivity index (χ1) is 10.4. The summed E-state index contributed by atoms with van der Waals surface area (Å²) in [5.74, 6) is -2.01. The van der Waals surface area contributed by atoms with E-state index < -0.39 is 23.3 Å². The van der Waals surface area contributed by atoms with Crippen molar-refractivity contribution in [3.63, 3.8) is 0 Å². The molecule has 1 amide bonds. The molecule has 0 saturated carbocycles. The van der Waals surface area contributed by atoms with Crippen LogP contribution in [-0.2, 0) is 0 Å². The lowest BCUT2D eigenvalue weighted by atomic mass is 10.1. The Morgan fingerprint density at radius 1 is 1.09 bits per heavy atom. The van der Waals surface area contributed by atoms with Crippen LogP contribution < -0.4 is 4.90 Å². The molecule has 1 aliphatic heterocycles. The van der Waals surface area contributed by atoms with E-state index in [0.29, 0.717) is 5.56 Å². The van der Waals surface area contributed by atoms with Gasteiger partial charge in [0.15, 0.2) is 0 Å². The SMILES string of the molecule is C=C1C(=O)c2cc(F)ccc2N1C(=O)c1ccc(F)cc1C. The maximum atomic E-state index is 13.3. The van der Waals surface area contributed by atoms with Gasteiger partial charge >= 0.3 is 0 Å². The first-order valence-electron chi connectivity index (χ1n) is 6.54. The molecule has 0 N–H and O–H groups in total. The van der Waals surface area contributed by atoms with Crippen LogP contribution in [0.3, 0.4) is 0 Å². The zero-order chi connectivity index (χ0) is 16.0. The lowest BCUT2D eigenvalue weighted by Crippen LogP contribution is -2.28. The van der Waals surface area contributed by atoms with Crippen LogP contribution in [-0.4, -0.2) is 11.7 Å². The van der Waals surface area contributed by atoms with Gasteiger partial charge < -0.3 is 0 Å². The Morgan fingerprint density at radius 2 is 1.73 bits per heavy atom. The highest BCUT2D eigenvalue weighted by Gasteiger charge is 2.36. The highest BCUT2D eigenvalue weighted by atomic mass is 19.1. The first kappa shape index (κ1) is 14.1. The Balaban J connectivity index is 2.11. The van der Waals surface area contributed by atoms with E-state index in [-0.39, 0.29) is 22.5 Å². The van der Waals surface area contributed by atoms with Gasteiger partial charge in [0.05, 0.1) is 16.9 Å². The number of carbonyl (C=O) groups excluding carboxylic acids is 2. The summed E-state index contributed by atoms with van der Waals surface area (Å²) in [5, 5.41) is 0. The van der Waals surface area contributed by atoms with E-state index >= 15 is 0 Å². The molecule has 22 heavy (non-hydrogen) atoms. The molecule has 0 spiro atoms. The fraction of sp³-hybridized carbons (Fsp3) is 0.0588. The van der Waals surface area contributed by atoms with E-state index in [1.165, 1.54) is 30.3 Å². The number of amides is 1. The molecule has 110 valence electrons. The molecule has 0 atom stereocenters. The molecule has 3 rings (SSSR count). The van der Waals surface area contributed by atoms with Gasteiger partial charge in [-0.2, -0.15) is 0 Å². The third-order valence-electron chi connectivity index (χ3n) is 3.60. The molecule has 0 radical (unpaired) electrons. The quantitative estimate of drug-likeness (QED) is 0.754. The topological polar surface area (TPSA) is 37.4 Å². The lowest BCUT2D eigenvalue weighted by molar-refractivity contribution is 0.0973. The number of allylic oxidation sites excluding steroid dienone is 1. The summed E-state index contributed by atoms with van der Waals surface area (Å²) < 4.78 is 26.5. The van der Waals surface area contributed by atoms with Crippen molar-refractivity contribution >= 4 is 17.4 Å². The van der Waals surface area contributed by atoms with Crippen molar-refractivity contribution in [2.75, 3.05) is 4.90 Å². The molecule has 0 aliphatic carbocycles. The Bertz CT molecular complexity index is 843. The molecule has 1 heterocycles. The second-order valence-electron chi connectivity index (χ2n) is 5.04. The minimum Gasteiger partial charge on any atom is -0.287 e. The molecule has 5 heteroatoms. The molecule has 3 nitrogen and oxygen atoms in total. The van der Waals surface area contributed by atoms with E-state index in [1.807, 2.05) is 0 Å². The number of Topliss-reactive ketones (excluding diaryl/α,β-unsaturated/α-hetero) is 1. The Hall–Kier alpha value is -2.82. The number of fused-ring (bicyclic) bond motifs is 1. The number of carbonyl (C=O) groups is 2. The molecule has 2 aromatic rings. The maximum absolute atomic E-state index is 13.3. The van der Waals surface area contributed by atoms with Gasteiger partial charge in [0.25, 0.3) is 5.91 Å². The number of nitrogens with zero attached hydrogens (tertiary/aromatic N) is 1. The van der Waals surface area contributed by atoms with Crippen LogP contribution in [0.2, 0.25) is 0 Å². The van der Waals surface area contributed by atoms with Crippen LogP contribution in [0.5, 0.6) is 0 Å². The standard InChI is InChI=1S/C17H11F2NO2/c1-9-7-11(18)3-5-13(9)17(22)20-10(2)16(21)14-8-12(19)4-6-15(14)20/h3-8H,2H2,1H3. The van der Waals surface area contributed by atoms with Crippen LogP contribution in [0.25, 0.3) is 0 Å². The normalized spacial score (nSPS) is 13.5. The zero-order valence-electron chi connectivity index (χ0n) is 11.7. The van der Waals surface area contributed by atoms with Crippen molar-refractivity contribution in [1.82, 2.24) is 0 Å². The van der Waals surface area contributed by atoms with Gasteiger partial charge in [0.2, 0.25) is 5.78 Å². The van der Waals surface area contributed by atoms with Crippen LogP contribution in [0.4, 0.5) is 14.5 Å². The highest BCUT2D eigenvalue weighted by molar-refractivity contribution is 6.27. The number of benzene rings is 2. The van der Waals surface area contributed by atoms with E-state index in [2.05, 4.69) is 6.58 Å². The van der Waals surface area contributed by atoms with Crippen LogP contribution in [0.1, 0.15) is 26.3 Å². The molecule has 2 aromatic carbocycles. The predicted molar refractivity (Wildman–Crippen MR) is 77.8 cm³/mol. The van der Waals surface area contributed by atoms with Crippen LogP contribution in [0.15, 0.2) is 48.7 Å². The number of hydrogen-bond donors (Lipinski definition) is 0. The molecule has 1 aliphatic rings. The Kier molecular flexibility index (Phi) is 3.13. The summed E-state index contributed by atoms with van der Waals surface area (Å²) >= 11 is 0. The average molecular weight is 299 g/mol. The summed E-state index contributed by atoms with van der Waals surface area (Å²) in [6, 6.07) is 7.37. The smallest absolute Gasteiger partial charge is 0.263 e. The van der Waals surface area contributed by atoms with Gasteiger partial charge in [0.1, 0.15) is 11.6 Å². The number of halogens is 2. The van der Waals surface area contributed by atoms with Gasteiger partial charge in [0, 0.05) is 5.56 Å². The van der Waals surface area contributed by atoms with E-state index in [0.717, 1.165) is 11.0 Å². The van der Waals surface area contributed by atoms with Gasteiger partial charge in [-0.1, -0.05) is 6.58 Å². The number of anilines is 1. The molecule has 0 saturated heterocycles. The van der Waals surface area contributed by atoms with E-state index in [1.54, 1.807) is 6.92 Å². The predicted octanol–water partition coefficient (Wildman–Crippen LogP) is 3.63. The molecular weight excluding hydrogens is 288 g/mol. The Labute approximate surface area is 125 Å². The first-order valence-corrected chi connectivity index (χ1v) is 6.54. The summed E-state index contributed by atoms with van der Waals surface area (Å²) in [4.78, 5) is 25.9. The second-order valence-corrected chi connectivity index (χ2v) is 5.04. The monoisotopic (exact) mass is 299 g/mol. The molecule has 0 unspecified atom stereocenters. The van der Waals surface area contributed by atoms with Gasteiger partial charge in [-0.05, 0) is 48.9 Å². The third-order valence-corrected chi connectivity index (χ3v) is 3.60. The number of aryl methyl sites for hydroxylation is 1. The second kappa shape index (κ2) is 4.87. The molecule has 0 fully saturated rings. The molecular formula is C17H11F2NO2. The van der Waals surface area contributed by atoms with Crippen LogP contribution >= 0.6 is 0 Å². The average Bonchev–Trinajstić information content (AvgIpc) is 2.70. The van der Waals surface area contributed by atoms with Gasteiger partial charge in [-0.15, -0.1) is 0 Å². The van der Waals surface area contributed by atoms with Crippen molar-refractivity contribution in [2.24, 2.45) is 0 Å². The summed E-state index contributed by atoms with van der Waals surface area (Å²) in [7, 11) is 0. The fourth-order valence-electron chi connectivity index (χ4n) is 2.51. The molecule has 0 aromatic heterocycles. The lowest BCUT2D eigenvalue weighted by Gasteiger charge is -2.18. The summed E-state index contributed by atoms with van der Waals surface area (Å²) in [5.41, 5.74) is 1.03. The minimum atomic E-state index is -0.563. The van der Waals surface area contributed by atoms with Crippen LogP contribution in [0, 0.1) is 18.6 Å². The van der Waals surface area contributed by atoms with E-state index in [4.69, 9.17) is 0 Å². The number of hydrogen-bond acceptors (Lipinski definition) is 2. The van der Waals surface area contributed by atoms with Crippen molar-refractivity contribution in [3.8, 4) is 0 Å². The summed E-state index contributed by atoms with van der Waals surface area (Å²) in [6.45, 7) is 5.21. The number of rotatable bonds is 1. The zero-order valence-corrected chi connectivity index (χ0v) is 11.7. The van der Waals surface area contributed by atoms with Crippen molar-refractivity contribution < 1.29 is 18.4 Å². The largest absolute Gasteiger partial charge is 0.287 e.